The van der Waals surface area contributed by atoms with Crippen LogP contribution in [0.15, 0.2) is 41.5 Å². The lowest BCUT2D eigenvalue weighted by molar-refractivity contribution is 0.397. The molecule has 0 amide bonds. The Morgan fingerprint density at radius 1 is 1.17 bits per heavy atom. The van der Waals surface area contributed by atoms with E-state index in [1.54, 1.807) is 33.3 Å². The Hall–Kier alpha value is -1.90. The molecule has 2 rings (SSSR count). The van der Waals surface area contributed by atoms with Crippen molar-refractivity contribution in [3.8, 4) is 5.88 Å². The fourth-order valence-electron chi connectivity index (χ4n) is 2.05. The molecule has 7 heteroatoms. The highest BCUT2D eigenvalue weighted by Gasteiger charge is 2.02. The van der Waals surface area contributed by atoms with Crippen LogP contribution in [0.4, 0.5) is 4.39 Å². The summed E-state index contributed by atoms with van der Waals surface area (Å²) in [5.41, 5.74) is 2.65. The smallest absolute Gasteiger partial charge is 0.212 e. The van der Waals surface area contributed by atoms with Gasteiger partial charge in [0.2, 0.25) is 5.88 Å². The minimum Gasteiger partial charge on any atom is -0.481 e. The first-order valence-electron chi connectivity index (χ1n) is 7.31. The van der Waals surface area contributed by atoms with Crippen molar-refractivity contribution >= 4 is 29.9 Å². The normalized spacial score (nSPS) is 10.8. The van der Waals surface area contributed by atoms with E-state index in [0.717, 1.165) is 11.1 Å². The van der Waals surface area contributed by atoms with Gasteiger partial charge in [0.15, 0.2) is 5.96 Å². The quantitative estimate of drug-likeness (QED) is 0.423. The highest BCUT2D eigenvalue weighted by atomic mass is 127. The number of hydrogen-bond acceptors (Lipinski definition) is 3. The summed E-state index contributed by atoms with van der Waals surface area (Å²) < 4.78 is 18.3. The van der Waals surface area contributed by atoms with Crippen molar-refractivity contribution in [1.82, 2.24) is 15.6 Å². The minimum atomic E-state index is -0.191. The maximum atomic E-state index is 13.3. The molecule has 5 nitrogen and oxygen atoms in total. The van der Waals surface area contributed by atoms with E-state index in [2.05, 4.69) is 20.6 Å². The number of hydrogen-bond donors (Lipinski definition) is 2. The number of pyridine rings is 1. The lowest BCUT2D eigenvalue weighted by Crippen LogP contribution is -2.36. The zero-order valence-electron chi connectivity index (χ0n) is 14.0. The number of benzene rings is 1. The van der Waals surface area contributed by atoms with Gasteiger partial charge in [-0.1, -0.05) is 18.2 Å². The monoisotopic (exact) mass is 444 g/mol. The van der Waals surface area contributed by atoms with E-state index in [1.807, 2.05) is 18.2 Å². The third-order valence-corrected chi connectivity index (χ3v) is 3.37. The van der Waals surface area contributed by atoms with Gasteiger partial charge >= 0.3 is 0 Å². The van der Waals surface area contributed by atoms with Gasteiger partial charge in [-0.15, -0.1) is 24.0 Å². The molecule has 0 aliphatic heterocycles. The second kappa shape index (κ2) is 10.1. The molecule has 2 N–H and O–H groups in total. The number of aromatic nitrogens is 1. The van der Waals surface area contributed by atoms with E-state index in [1.165, 1.54) is 6.07 Å². The lowest BCUT2D eigenvalue weighted by atomic mass is 10.1. The third-order valence-electron chi connectivity index (χ3n) is 3.37. The molecular formula is C17H22FIN4O. The molecule has 0 saturated carbocycles. The van der Waals surface area contributed by atoms with Crippen LogP contribution in [0.5, 0.6) is 5.88 Å². The number of aliphatic imine (C=N–C) groups is 1. The molecule has 0 atom stereocenters. The van der Waals surface area contributed by atoms with Gasteiger partial charge in [0.25, 0.3) is 0 Å². The summed E-state index contributed by atoms with van der Waals surface area (Å²) in [6.45, 7) is 2.92. The van der Waals surface area contributed by atoms with E-state index < -0.39 is 0 Å². The highest BCUT2D eigenvalue weighted by Crippen LogP contribution is 2.09. The van der Waals surface area contributed by atoms with Crippen LogP contribution in [-0.4, -0.2) is 25.1 Å². The molecular weight excluding hydrogens is 422 g/mol. The highest BCUT2D eigenvalue weighted by molar-refractivity contribution is 14.0. The number of rotatable bonds is 5. The largest absolute Gasteiger partial charge is 0.481 e. The van der Waals surface area contributed by atoms with Crippen LogP contribution in [0.25, 0.3) is 0 Å². The van der Waals surface area contributed by atoms with Crippen LogP contribution < -0.4 is 15.4 Å². The average Bonchev–Trinajstić information content (AvgIpc) is 2.58. The van der Waals surface area contributed by atoms with Gasteiger partial charge in [-0.25, -0.2) is 9.37 Å². The molecule has 24 heavy (non-hydrogen) atoms. The summed E-state index contributed by atoms with van der Waals surface area (Å²) >= 11 is 0. The Balaban J connectivity index is 0.00000288. The van der Waals surface area contributed by atoms with Crippen molar-refractivity contribution in [3.05, 3.63) is 59.0 Å². The average molecular weight is 444 g/mol. The molecule has 0 fully saturated rings. The second-order valence-corrected chi connectivity index (χ2v) is 5.07. The molecule has 0 radical (unpaired) electrons. The number of nitrogens with zero attached hydrogens (tertiary/aromatic N) is 2. The zero-order valence-corrected chi connectivity index (χ0v) is 16.3. The molecule has 0 aliphatic carbocycles. The van der Waals surface area contributed by atoms with E-state index in [0.29, 0.717) is 30.5 Å². The van der Waals surface area contributed by atoms with Gasteiger partial charge in [-0.3, -0.25) is 4.99 Å². The molecule has 1 aromatic carbocycles. The number of ether oxygens (including phenoxy) is 1. The van der Waals surface area contributed by atoms with Crippen molar-refractivity contribution in [3.63, 3.8) is 0 Å². The maximum absolute atomic E-state index is 13.3. The molecule has 2 aromatic rings. The summed E-state index contributed by atoms with van der Waals surface area (Å²) in [5, 5.41) is 6.40. The van der Waals surface area contributed by atoms with Crippen molar-refractivity contribution in [2.75, 3.05) is 14.2 Å². The Morgan fingerprint density at radius 2 is 1.83 bits per heavy atom. The van der Waals surface area contributed by atoms with Gasteiger partial charge < -0.3 is 15.4 Å². The second-order valence-electron chi connectivity index (χ2n) is 5.07. The number of aryl methyl sites for hydroxylation is 1. The molecule has 0 saturated heterocycles. The molecule has 0 spiro atoms. The van der Waals surface area contributed by atoms with Crippen LogP contribution in [-0.2, 0) is 13.1 Å². The summed E-state index contributed by atoms with van der Waals surface area (Å²) in [7, 11) is 3.29. The Bertz CT molecular complexity index is 677. The topological polar surface area (TPSA) is 58.5 Å². The molecule has 0 unspecified atom stereocenters. The van der Waals surface area contributed by atoms with E-state index in [-0.39, 0.29) is 29.8 Å². The Morgan fingerprint density at radius 3 is 2.38 bits per heavy atom. The van der Waals surface area contributed by atoms with Gasteiger partial charge in [0.05, 0.1) is 7.11 Å². The van der Waals surface area contributed by atoms with Crippen molar-refractivity contribution in [2.24, 2.45) is 4.99 Å². The predicted octanol–water partition coefficient (Wildman–Crippen LogP) is 3.02. The first-order chi connectivity index (χ1) is 11.1. The molecule has 1 heterocycles. The first-order valence-corrected chi connectivity index (χ1v) is 7.31. The standard InChI is InChI=1S/C17H21FN4O.HI/c1-12-8-13(4-6-15(12)18)9-21-17(19-2)22-11-14-5-7-16(23-3)20-10-14;/h4-8,10H,9,11H2,1-3H3,(H2,19,21,22);1H. The van der Waals surface area contributed by atoms with Gasteiger partial charge in [0.1, 0.15) is 5.82 Å². The van der Waals surface area contributed by atoms with E-state index in [9.17, 15) is 4.39 Å². The summed E-state index contributed by atoms with van der Waals surface area (Å²) in [6, 6.07) is 8.81. The molecule has 130 valence electrons. The number of methoxy groups -OCH3 is 1. The van der Waals surface area contributed by atoms with Gasteiger partial charge in [-0.05, 0) is 29.7 Å². The van der Waals surface area contributed by atoms with Crippen molar-refractivity contribution < 1.29 is 9.13 Å². The fraction of sp³-hybridized carbons (Fsp3) is 0.294. The van der Waals surface area contributed by atoms with Gasteiger partial charge in [-0.2, -0.15) is 0 Å². The predicted molar refractivity (Wildman–Crippen MR) is 104 cm³/mol. The molecule has 0 aliphatic rings. The number of halogens is 2. The number of guanidine groups is 1. The SMILES string of the molecule is CN=C(NCc1ccc(OC)nc1)NCc1ccc(F)c(C)c1.I. The summed E-state index contributed by atoms with van der Waals surface area (Å²) in [4.78, 5) is 8.32. The van der Waals surface area contributed by atoms with Crippen LogP contribution in [0.2, 0.25) is 0 Å². The summed E-state index contributed by atoms with van der Waals surface area (Å²) in [6.07, 6.45) is 1.75. The molecule has 0 bridgehead atoms. The Kier molecular flexibility index (Phi) is 8.45. The van der Waals surface area contributed by atoms with Crippen LogP contribution in [0.3, 0.4) is 0 Å². The van der Waals surface area contributed by atoms with Crippen molar-refractivity contribution in [1.29, 1.82) is 0 Å². The third kappa shape index (κ3) is 5.95. The first kappa shape index (κ1) is 20.1. The number of nitrogens with one attached hydrogen (secondary N) is 2. The molecule has 1 aromatic heterocycles. The minimum absolute atomic E-state index is 0. The zero-order chi connectivity index (χ0) is 16.7. The lowest BCUT2D eigenvalue weighted by Gasteiger charge is -2.12. The van der Waals surface area contributed by atoms with E-state index >= 15 is 0 Å². The maximum Gasteiger partial charge on any atom is 0.212 e. The summed E-state index contributed by atoms with van der Waals surface area (Å²) in [5.74, 6) is 1.06. The van der Waals surface area contributed by atoms with Crippen LogP contribution in [0, 0.1) is 12.7 Å². The van der Waals surface area contributed by atoms with Gasteiger partial charge in [0, 0.05) is 32.4 Å². The Labute approximate surface area is 158 Å². The fourth-order valence-corrected chi connectivity index (χ4v) is 2.05. The van der Waals surface area contributed by atoms with Crippen molar-refractivity contribution in [2.45, 2.75) is 20.0 Å². The van der Waals surface area contributed by atoms with Crippen LogP contribution >= 0.6 is 24.0 Å². The van der Waals surface area contributed by atoms with Crippen LogP contribution in [0.1, 0.15) is 16.7 Å². The van der Waals surface area contributed by atoms with E-state index in [4.69, 9.17) is 4.74 Å².